The van der Waals surface area contributed by atoms with Gasteiger partial charge in [0.25, 0.3) is 5.91 Å². The third-order valence-corrected chi connectivity index (χ3v) is 11.3. The highest BCUT2D eigenvalue weighted by atomic mass is 32.2. The third-order valence-electron chi connectivity index (χ3n) is 7.48. The number of piperidine rings is 1. The van der Waals surface area contributed by atoms with E-state index in [1.165, 1.54) is 56.6 Å². The molecule has 0 unspecified atom stereocenters. The molecule has 0 radical (unpaired) electrons. The highest BCUT2D eigenvalue weighted by molar-refractivity contribution is 7.99. The minimum atomic E-state index is -4.61. The van der Waals surface area contributed by atoms with Crippen molar-refractivity contribution in [2.75, 3.05) is 24.2 Å². The van der Waals surface area contributed by atoms with Gasteiger partial charge in [-0.05, 0) is 67.4 Å². The number of carbonyl (C=O) groups is 2. The number of rotatable bonds is 10. The zero-order valence-electron chi connectivity index (χ0n) is 25.1. The molecule has 48 heavy (non-hydrogen) atoms. The molecule has 5 aromatic rings. The van der Waals surface area contributed by atoms with Crippen LogP contribution < -0.4 is 10.6 Å². The molecule has 0 spiro atoms. The van der Waals surface area contributed by atoms with Gasteiger partial charge in [0.2, 0.25) is 15.9 Å². The Morgan fingerprint density at radius 3 is 2.42 bits per heavy atom. The van der Waals surface area contributed by atoms with E-state index in [2.05, 4.69) is 25.8 Å². The summed E-state index contributed by atoms with van der Waals surface area (Å²) < 4.78 is 70.4. The Morgan fingerprint density at radius 2 is 1.69 bits per heavy atom. The lowest BCUT2D eigenvalue weighted by molar-refractivity contribution is -0.137. The van der Waals surface area contributed by atoms with Gasteiger partial charge in [0.05, 0.1) is 38.7 Å². The molecule has 250 valence electrons. The van der Waals surface area contributed by atoms with Crippen molar-refractivity contribution in [1.29, 1.82) is 0 Å². The van der Waals surface area contributed by atoms with Crippen molar-refractivity contribution in [2.24, 2.45) is 0 Å². The van der Waals surface area contributed by atoms with Gasteiger partial charge in [-0.3, -0.25) is 14.2 Å². The molecule has 0 bridgehead atoms. The summed E-state index contributed by atoms with van der Waals surface area (Å²) in [5, 5.41) is 14.2. The van der Waals surface area contributed by atoms with Crippen molar-refractivity contribution in [2.45, 2.75) is 42.0 Å². The number of nitrogens with one attached hydrogen (secondary N) is 2. The largest absolute Gasteiger partial charge is 0.416 e. The summed E-state index contributed by atoms with van der Waals surface area (Å²) in [5.74, 6) is -0.995. The summed E-state index contributed by atoms with van der Waals surface area (Å²) in [4.78, 5) is 30.3. The number of thiazole rings is 1. The second-order valence-electron chi connectivity index (χ2n) is 10.8. The third kappa shape index (κ3) is 7.53. The molecule has 0 saturated carbocycles. The van der Waals surface area contributed by atoms with Gasteiger partial charge in [-0.25, -0.2) is 13.4 Å². The lowest BCUT2D eigenvalue weighted by atomic mass is 10.2. The van der Waals surface area contributed by atoms with E-state index in [4.69, 9.17) is 0 Å². The van der Waals surface area contributed by atoms with Crippen LogP contribution in [0.4, 0.5) is 18.3 Å². The fraction of sp³-hybridized carbons (Fsp3) is 0.258. The minimum absolute atomic E-state index is 0.0825. The van der Waals surface area contributed by atoms with Gasteiger partial charge in [-0.1, -0.05) is 47.7 Å². The molecule has 2 N–H and O–H groups in total. The number of nitrogens with zero attached hydrogens (tertiary/aromatic N) is 5. The number of amides is 2. The van der Waals surface area contributed by atoms with Crippen LogP contribution in [0.15, 0.2) is 82.8 Å². The molecule has 17 heteroatoms. The van der Waals surface area contributed by atoms with E-state index < -0.39 is 33.6 Å². The van der Waals surface area contributed by atoms with Gasteiger partial charge in [0.15, 0.2) is 16.1 Å². The van der Waals surface area contributed by atoms with Crippen LogP contribution in [-0.2, 0) is 27.5 Å². The van der Waals surface area contributed by atoms with Crippen LogP contribution in [-0.4, -0.2) is 63.1 Å². The summed E-state index contributed by atoms with van der Waals surface area (Å²) in [6.45, 7) is 0.671. The molecule has 3 aromatic carbocycles. The first-order chi connectivity index (χ1) is 23.0. The molecule has 3 heterocycles. The van der Waals surface area contributed by atoms with Crippen LogP contribution in [0, 0.1) is 0 Å². The molecule has 1 aliphatic heterocycles. The van der Waals surface area contributed by atoms with Gasteiger partial charge in [-0.15, -0.1) is 10.2 Å². The SMILES string of the molecule is O=C(CSc1nnc(CNC(=O)c2ccc(S(=O)(=O)N3CCCCC3)cc2)n1-c1cccc(C(F)(F)F)c1)Nc1nc2ccccc2s1. The Morgan fingerprint density at radius 1 is 0.938 bits per heavy atom. The van der Waals surface area contributed by atoms with Crippen LogP contribution in [0.1, 0.15) is 41.0 Å². The van der Waals surface area contributed by atoms with Crippen molar-refractivity contribution in [3.63, 3.8) is 0 Å². The number of hydrogen-bond donors (Lipinski definition) is 2. The van der Waals surface area contributed by atoms with E-state index >= 15 is 0 Å². The second kappa shape index (κ2) is 14.0. The number of para-hydroxylation sites is 1. The average Bonchev–Trinajstić information content (AvgIpc) is 3.69. The van der Waals surface area contributed by atoms with Crippen LogP contribution in [0.2, 0.25) is 0 Å². The fourth-order valence-corrected chi connectivity index (χ4v) is 8.26. The molecule has 1 fully saturated rings. The molecule has 1 aliphatic rings. The van der Waals surface area contributed by atoms with E-state index in [1.807, 2.05) is 24.3 Å². The smallest absolute Gasteiger partial charge is 0.345 e. The molecule has 2 aromatic heterocycles. The molecule has 6 rings (SSSR count). The van der Waals surface area contributed by atoms with E-state index in [0.717, 1.165) is 53.4 Å². The van der Waals surface area contributed by atoms with Crippen LogP contribution in [0.25, 0.3) is 15.9 Å². The van der Waals surface area contributed by atoms with Crippen molar-refractivity contribution in [3.8, 4) is 5.69 Å². The topological polar surface area (TPSA) is 139 Å². The fourth-order valence-electron chi connectivity index (χ4n) is 5.09. The van der Waals surface area contributed by atoms with Gasteiger partial charge in [0.1, 0.15) is 0 Å². The normalized spacial score (nSPS) is 14.2. The zero-order chi connectivity index (χ0) is 33.9. The van der Waals surface area contributed by atoms with Crippen molar-refractivity contribution >= 4 is 60.3 Å². The predicted octanol–water partition coefficient (Wildman–Crippen LogP) is 5.73. The molecule has 1 saturated heterocycles. The van der Waals surface area contributed by atoms with Gasteiger partial charge >= 0.3 is 6.18 Å². The Balaban J connectivity index is 1.18. The first-order valence-electron chi connectivity index (χ1n) is 14.8. The number of benzene rings is 3. The molecule has 0 aliphatic carbocycles. The molecule has 2 amide bonds. The number of anilines is 1. The summed E-state index contributed by atoms with van der Waals surface area (Å²) in [5.41, 5.74) is 0.104. The summed E-state index contributed by atoms with van der Waals surface area (Å²) in [6.07, 6.45) is -2.05. The lowest BCUT2D eigenvalue weighted by Gasteiger charge is -2.25. The van der Waals surface area contributed by atoms with Gasteiger partial charge < -0.3 is 10.6 Å². The maximum Gasteiger partial charge on any atom is 0.416 e. The first-order valence-corrected chi connectivity index (χ1v) is 18.0. The number of alkyl halides is 3. The molecular weight excluding hydrogens is 688 g/mol. The van der Waals surface area contributed by atoms with Crippen LogP contribution in [0.5, 0.6) is 0 Å². The zero-order valence-corrected chi connectivity index (χ0v) is 27.6. The van der Waals surface area contributed by atoms with E-state index in [1.54, 1.807) is 0 Å². The number of aromatic nitrogens is 4. The highest BCUT2D eigenvalue weighted by Crippen LogP contribution is 2.32. The van der Waals surface area contributed by atoms with Gasteiger partial charge in [-0.2, -0.15) is 17.5 Å². The van der Waals surface area contributed by atoms with E-state index in [9.17, 15) is 31.2 Å². The number of carbonyl (C=O) groups excluding carboxylic acids is 2. The number of fused-ring (bicyclic) bond motifs is 1. The maximum atomic E-state index is 13.6. The monoisotopic (exact) mass is 715 g/mol. The molecule has 0 atom stereocenters. The predicted molar refractivity (Wildman–Crippen MR) is 176 cm³/mol. The summed E-state index contributed by atoms with van der Waals surface area (Å²) >= 11 is 2.26. The van der Waals surface area contributed by atoms with Gasteiger partial charge in [0, 0.05) is 18.7 Å². The average molecular weight is 716 g/mol. The first kappa shape index (κ1) is 33.6. The Bertz CT molecular complexity index is 2030. The van der Waals surface area contributed by atoms with E-state index in [-0.39, 0.29) is 39.4 Å². The Hall–Kier alpha value is -4.32. The highest BCUT2D eigenvalue weighted by Gasteiger charge is 2.31. The van der Waals surface area contributed by atoms with Crippen molar-refractivity contribution in [1.82, 2.24) is 29.4 Å². The summed E-state index contributed by atoms with van der Waals surface area (Å²) in [7, 11) is -3.68. The standard InChI is InChI=1S/C31H28F3N7O4S3/c32-31(33,34)21-7-6-8-22(17-21)41-26(38-39-30(41)46-19-27(42)37-29-36-24-9-2-3-10-25(24)47-29)18-35-28(43)20-11-13-23(14-12-20)48(44,45)40-15-4-1-5-16-40/h2-3,6-14,17H,1,4-5,15-16,18-19H2,(H,35,43)(H,36,37,42). The summed E-state index contributed by atoms with van der Waals surface area (Å²) in [6, 6.07) is 17.5. The van der Waals surface area contributed by atoms with Crippen molar-refractivity contribution < 1.29 is 31.2 Å². The minimum Gasteiger partial charge on any atom is -0.345 e. The number of sulfonamides is 1. The number of thioether (sulfide) groups is 1. The molecular formula is C31H28F3N7O4S3. The molecule has 11 nitrogen and oxygen atoms in total. The van der Waals surface area contributed by atoms with Crippen LogP contribution in [0.3, 0.4) is 0 Å². The van der Waals surface area contributed by atoms with Crippen molar-refractivity contribution in [3.05, 3.63) is 89.7 Å². The quantitative estimate of drug-likeness (QED) is 0.175. The van der Waals surface area contributed by atoms with E-state index in [0.29, 0.717) is 18.2 Å². The Kier molecular flexibility index (Phi) is 9.82. The Labute approximate surface area is 281 Å². The number of hydrogen-bond acceptors (Lipinski definition) is 9. The lowest BCUT2D eigenvalue weighted by Crippen LogP contribution is -2.35. The van der Waals surface area contributed by atoms with Crippen LogP contribution >= 0.6 is 23.1 Å². The maximum absolute atomic E-state index is 13.6. The number of halogens is 3. The second-order valence-corrected chi connectivity index (χ2v) is 14.7.